The van der Waals surface area contributed by atoms with Crippen LogP contribution < -0.4 is 5.32 Å². The number of H-pyrrole nitrogens is 1. The van der Waals surface area contributed by atoms with Crippen molar-refractivity contribution in [2.75, 3.05) is 5.32 Å². The number of rotatable bonds is 4. The Hall–Kier alpha value is -2.07. The molecule has 0 spiro atoms. The van der Waals surface area contributed by atoms with Gasteiger partial charge in [0.05, 0.1) is 5.69 Å². The second kappa shape index (κ2) is 5.92. The smallest absolute Gasteiger partial charge is 0.0650 e. The lowest BCUT2D eigenvalue weighted by Crippen LogP contribution is -1.98. The fraction of sp³-hybridized carbons (Fsp3) is 0.0625. The maximum atomic E-state index is 3.96. The molecule has 2 aromatic carbocycles. The molecule has 0 fully saturated rings. The van der Waals surface area contributed by atoms with Gasteiger partial charge in [0.25, 0.3) is 0 Å². The van der Waals surface area contributed by atoms with E-state index in [2.05, 4.69) is 67.8 Å². The molecule has 20 heavy (non-hydrogen) atoms. The van der Waals surface area contributed by atoms with Crippen LogP contribution >= 0.6 is 15.9 Å². The monoisotopic (exact) mass is 327 g/mol. The standard InChI is InChI=1S/C16H14BrN3/c17-14-3-1-2-12(10-14)11-18-15-6-4-13(5-7-15)16-8-9-19-20-16/h1-10,18H,11H2,(H,19,20). The number of aromatic nitrogens is 2. The molecular formula is C16H14BrN3. The Morgan fingerprint density at radius 1 is 1.05 bits per heavy atom. The molecule has 0 saturated heterocycles. The molecule has 0 unspecified atom stereocenters. The predicted molar refractivity (Wildman–Crippen MR) is 85.5 cm³/mol. The first-order valence-corrected chi connectivity index (χ1v) is 7.19. The van der Waals surface area contributed by atoms with E-state index in [1.165, 1.54) is 5.56 Å². The number of nitrogens with zero attached hydrogens (tertiary/aromatic N) is 1. The summed E-state index contributed by atoms with van der Waals surface area (Å²) in [5.41, 5.74) is 4.52. The first kappa shape index (κ1) is 12.9. The summed E-state index contributed by atoms with van der Waals surface area (Å²) in [5, 5.41) is 10.3. The zero-order chi connectivity index (χ0) is 13.8. The number of nitrogens with one attached hydrogen (secondary N) is 2. The van der Waals surface area contributed by atoms with Crippen molar-refractivity contribution < 1.29 is 0 Å². The molecule has 3 aromatic rings. The van der Waals surface area contributed by atoms with Crippen LogP contribution in [0.4, 0.5) is 5.69 Å². The third-order valence-corrected chi connectivity index (χ3v) is 3.58. The Morgan fingerprint density at radius 2 is 1.90 bits per heavy atom. The van der Waals surface area contributed by atoms with Crippen LogP contribution in [0.15, 0.2) is 65.3 Å². The van der Waals surface area contributed by atoms with Gasteiger partial charge in [-0.05, 0) is 41.5 Å². The normalized spacial score (nSPS) is 10.4. The second-order valence-corrected chi connectivity index (χ2v) is 5.45. The minimum absolute atomic E-state index is 0.808. The van der Waals surface area contributed by atoms with Gasteiger partial charge in [0.15, 0.2) is 0 Å². The molecule has 0 radical (unpaired) electrons. The summed E-state index contributed by atoms with van der Waals surface area (Å²) in [6, 6.07) is 18.6. The van der Waals surface area contributed by atoms with Crippen molar-refractivity contribution in [1.82, 2.24) is 10.2 Å². The van der Waals surface area contributed by atoms with Crippen LogP contribution in [0, 0.1) is 0 Å². The van der Waals surface area contributed by atoms with Crippen molar-refractivity contribution >= 4 is 21.6 Å². The largest absolute Gasteiger partial charge is 0.381 e. The highest BCUT2D eigenvalue weighted by molar-refractivity contribution is 9.10. The minimum atomic E-state index is 0.808. The molecule has 2 N–H and O–H groups in total. The Balaban J connectivity index is 1.67. The Morgan fingerprint density at radius 3 is 2.60 bits per heavy atom. The van der Waals surface area contributed by atoms with E-state index in [0.717, 1.165) is 28.0 Å². The average molecular weight is 328 g/mol. The van der Waals surface area contributed by atoms with E-state index in [9.17, 15) is 0 Å². The van der Waals surface area contributed by atoms with Gasteiger partial charge in [-0.1, -0.05) is 40.2 Å². The average Bonchev–Trinajstić information content (AvgIpc) is 3.00. The van der Waals surface area contributed by atoms with Gasteiger partial charge in [-0.2, -0.15) is 5.10 Å². The molecule has 100 valence electrons. The van der Waals surface area contributed by atoms with Crippen molar-refractivity contribution in [3.63, 3.8) is 0 Å². The van der Waals surface area contributed by atoms with E-state index in [0.29, 0.717) is 0 Å². The van der Waals surface area contributed by atoms with Crippen molar-refractivity contribution in [2.45, 2.75) is 6.54 Å². The number of aromatic amines is 1. The minimum Gasteiger partial charge on any atom is -0.381 e. The molecular weight excluding hydrogens is 314 g/mol. The Bertz CT molecular complexity index is 675. The molecule has 1 heterocycles. The zero-order valence-corrected chi connectivity index (χ0v) is 12.4. The Labute approximate surface area is 126 Å². The van der Waals surface area contributed by atoms with Gasteiger partial charge in [-0.15, -0.1) is 0 Å². The van der Waals surface area contributed by atoms with Gasteiger partial charge in [0.1, 0.15) is 0 Å². The Kier molecular flexibility index (Phi) is 3.83. The maximum Gasteiger partial charge on any atom is 0.0650 e. The van der Waals surface area contributed by atoms with Crippen LogP contribution in [0.5, 0.6) is 0 Å². The molecule has 0 aliphatic rings. The molecule has 0 aliphatic heterocycles. The first-order valence-electron chi connectivity index (χ1n) is 6.39. The van der Waals surface area contributed by atoms with Crippen LogP contribution in [-0.2, 0) is 6.54 Å². The number of benzene rings is 2. The summed E-state index contributed by atoms with van der Waals surface area (Å²) in [4.78, 5) is 0. The molecule has 4 heteroatoms. The summed E-state index contributed by atoms with van der Waals surface area (Å²) < 4.78 is 1.10. The lowest BCUT2D eigenvalue weighted by molar-refractivity contribution is 1.09. The number of anilines is 1. The van der Waals surface area contributed by atoms with Gasteiger partial charge >= 0.3 is 0 Å². The number of hydrogen-bond acceptors (Lipinski definition) is 2. The fourth-order valence-electron chi connectivity index (χ4n) is 2.04. The van der Waals surface area contributed by atoms with Gasteiger partial charge in [0.2, 0.25) is 0 Å². The molecule has 0 saturated carbocycles. The first-order chi connectivity index (χ1) is 9.81. The van der Waals surface area contributed by atoms with Crippen LogP contribution in [0.2, 0.25) is 0 Å². The zero-order valence-electron chi connectivity index (χ0n) is 10.8. The SMILES string of the molecule is Brc1cccc(CNc2ccc(-c3ccn[nH]3)cc2)c1. The van der Waals surface area contributed by atoms with Gasteiger partial charge < -0.3 is 5.32 Å². The van der Waals surface area contributed by atoms with Crippen LogP contribution in [0.1, 0.15) is 5.56 Å². The highest BCUT2D eigenvalue weighted by atomic mass is 79.9. The third-order valence-electron chi connectivity index (χ3n) is 3.08. The van der Waals surface area contributed by atoms with E-state index in [1.807, 2.05) is 18.2 Å². The van der Waals surface area contributed by atoms with Crippen molar-refractivity contribution in [3.05, 3.63) is 70.8 Å². The quantitative estimate of drug-likeness (QED) is 0.743. The summed E-state index contributed by atoms with van der Waals surface area (Å²) >= 11 is 3.48. The van der Waals surface area contributed by atoms with E-state index in [1.54, 1.807) is 6.20 Å². The maximum absolute atomic E-state index is 3.96. The lowest BCUT2D eigenvalue weighted by Gasteiger charge is -2.07. The van der Waals surface area contributed by atoms with Gasteiger partial charge in [-0.3, -0.25) is 5.10 Å². The van der Waals surface area contributed by atoms with Crippen molar-refractivity contribution in [2.24, 2.45) is 0 Å². The molecule has 0 amide bonds. The van der Waals surface area contributed by atoms with Crippen LogP contribution in [0.3, 0.4) is 0 Å². The predicted octanol–water partition coefficient (Wildman–Crippen LogP) is 4.45. The van der Waals surface area contributed by atoms with Crippen molar-refractivity contribution in [3.8, 4) is 11.3 Å². The molecule has 0 aliphatic carbocycles. The molecule has 1 aromatic heterocycles. The molecule has 0 atom stereocenters. The van der Waals surface area contributed by atoms with Gasteiger partial charge in [0, 0.05) is 22.9 Å². The molecule has 3 nitrogen and oxygen atoms in total. The third kappa shape index (κ3) is 3.08. The highest BCUT2D eigenvalue weighted by Gasteiger charge is 1.99. The lowest BCUT2D eigenvalue weighted by atomic mass is 10.1. The summed E-state index contributed by atoms with van der Waals surface area (Å²) in [6.07, 6.45) is 1.76. The summed E-state index contributed by atoms with van der Waals surface area (Å²) in [5.74, 6) is 0. The number of hydrogen-bond donors (Lipinski definition) is 2. The molecule has 3 rings (SSSR count). The van der Waals surface area contributed by atoms with E-state index in [-0.39, 0.29) is 0 Å². The van der Waals surface area contributed by atoms with E-state index >= 15 is 0 Å². The molecule has 0 bridgehead atoms. The second-order valence-electron chi connectivity index (χ2n) is 4.53. The van der Waals surface area contributed by atoms with Crippen LogP contribution in [0.25, 0.3) is 11.3 Å². The number of halogens is 1. The fourth-order valence-corrected chi connectivity index (χ4v) is 2.48. The van der Waals surface area contributed by atoms with Crippen LogP contribution in [-0.4, -0.2) is 10.2 Å². The van der Waals surface area contributed by atoms with Crippen molar-refractivity contribution in [1.29, 1.82) is 0 Å². The van der Waals surface area contributed by atoms with E-state index < -0.39 is 0 Å². The van der Waals surface area contributed by atoms with Gasteiger partial charge in [-0.25, -0.2) is 0 Å². The van der Waals surface area contributed by atoms with E-state index in [4.69, 9.17) is 0 Å². The summed E-state index contributed by atoms with van der Waals surface area (Å²) in [6.45, 7) is 0.808. The summed E-state index contributed by atoms with van der Waals surface area (Å²) in [7, 11) is 0. The topological polar surface area (TPSA) is 40.7 Å². The highest BCUT2D eigenvalue weighted by Crippen LogP contribution is 2.19.